The second kappa shape index (κ2) is 8.80. The van der Waals surface area contributed by atoms with Crippen LogP contribution < -0.4 is 10.1 Å². The first-order chi connectivity index (χ1) is 16.7. The van der Waals surface area contributed by atoms with E-state index < -0.39 is 12.1 Å². The van der Waals surface area contributed by atoms with Crippen LogP contribution in [-0.2, 0) is 4.79 Å². The minimum atomic E-state index is -0.596. The Hall–Kier alpha value is -3.74. The molecule has 180 valence electrons. The SMILES string of the molecule is Cc1ccc(F)cc1[C@H](Oc1ccc2c(cnn2-c2ccc(F)cc2)c1)[C@H](C)NC(=O)C1(C)CC1. The van der Waals surface area contributed by atoms with Crippen molar-refractivity contribution in [1.29, 1.82) is 0 Å². The molecule has 0 radical (unpaired) electrons. The maximum atomic E-state index is 14.2. The molecular formula is C28H27F2N3O2. The largest absolute Gasteiger partial charge is 0.484 e. The molecule has 0 saturated heterocycles. The van der Waals surface area contributed by atoms with E-state index in [0.717, 1.165) is 35.0 Å². The molecule has 0 unspecified atom stereocenters. The van der Waals surface area contributed by atoms with Crippen molar-refractivity contribution in [2.24, 2.45) is 5.41 Å². The van der Waals surface area contributed by atoms with Crippen LogP contribution in [0.5, 0.6) is 5.75 Å². The van der Waals surface area contributed by atoms with Crippen LogP contribution in [0.4, 0.5) is 8.78 Å². The van der Waals surface area contributed by atoms with Gasteiger partial charge in [-0.25, -0.2) is 13.5 Å². The number of halogens is 2. The molecule has 1 aliphatic rings. The zero-order chi connectivity index (χ0) is 24.7. The highest BCUT2D eigenvalue weighted by Crippen LogP contribution is 2.45. The molecule has 1 fully saturated rings. The molecule has 1 aromatic heterocycles. The summed E-state index contributed by atoms with van der Waals surface area (Å²) in [7, 11) is 0. The van der Waals surface area contributed by atoms with E-state index in [4.69, 9.17) is 4.74 Å². The van der Waals surface area contributed by atoms with Crippen LogP contribution in [0.2, 0.25) is 0 Å². The summed E-state index contributed by atoms with van der Waals surface area (Å²) in [5.41, 5.74) is 2.81. The molecule has 5 nitrogen and oxygen atoms in total. The Balaban J connectivity index is 1.46. The first-order valence-electron chi connectivity index (χ1n) is 11.7. The van der Waals surface area contributed by atoms with Crippen LogP contribution in [0.1, 0.15) is 43.9 Å². The van der Waals surface area contributed by atoms with Crippen molar-refractivity contribution in [3.63, 3.8) is 0 Å². The molecule has 1 N–H and O–H groups in total. The molecule has 1 amide bonds. The molecule has 1 aliphatic carbocycles. The van der Waals surface area contributed by atoms with Gasteiger partial charge in [0.1, 0.15) is 23.5 Å². The highest BCUT2D eigenvalue weighted by Gasteiger charge is 2.45. The van der Waals surface area contributed by atoms with Crippen molar-refractivity contribution in [3.8, 4) is 11.4 Å². The van der Waals surface area contributed by atoms with Gasteiger partial charge in [0, 0.05) is 16.4 Å². The van der Waals surface area contributed by atoms with Gasteiger partial charge in [-0.3, -0.25) is 4.79 Å². The van der Waals surface area contributed by atoms with Crippen molar-refractivity contribution in [2.45, 2.75) is 45.8 Å². The van der Waals surface area contributed by atoms with Crippen molar-refractivity contribution >= 4 is 16.8 Å². The molecule has 7 heteroatoms. The molecule has 1 saturated carbocycles. The molecule has 5 rings (SSSR count). The first kappa shape index (κ1) is 23.0. The maximum absolute atomic E-state index is 14.2. The molecule has 0 aliphatic heterocycles. The molecule has 4 aromatic rings. The Morgan fingerprint density at radius 1 is 1.06 bits per heavy atom. The van der Waals surface area contributed by atoms with E-state index in [-0.39, 0.29) is 23.0 Å². The topological polar surface area (TPSA) is 56.1 Å². The lowest BCUT2D eigenvalue weighted by Crippen LogP contribution is -2.42. The van der Waals surface area contributed by atoms with E-state index in [1.54, 1.807) is 29.1 Å². The number of aryl methyl sites for hydroxylation is 1. The van der Waals surface area contributed by atoms with Gasteiger partial charge in [-0.1, -0.05) is 13.0 Å². The van der Waals surface area contributed by atoms with E-state index in [1.807, 2.05) is 39.0 Å². The third-order valence-corrected chi connectivity index (χ3v) is 6.78. The zero-order valence-corrected chi connectivity index (χ0v) is 19.9. The third kappa shape index (κ3) is 4.63. The number of hydrogen-bond donors (Lipinski definition) is 1. The van der Waals surface area contributed by atoms with Gasteiger partial charge >= 0.3 is 0 Å². The second-order valence-corrected chi connectivity index (χ2v) is 9.62. The lowest BCUT2D eigenvalue weighted by atomic mass is 9.97. The van der Waals surface area contributed by atoms with E-state index >= 15 is 0 Å². The van der Waals surface area contributed by atoms with Crippen LogP contribution in [0.3, 0.4) is 0 Å². The van der Waals surface area contributed by atoms with Gasteiger partial charge < -0.3 is 10.1 Å². The number of nitrogens with zero attached hydrogens (tertiary/aromatic N) is 2. The van der Waals surface area contributed by atoms with Gasteiger partial charge in [0.05, 0.1) is 23.4 Å². The van der Waals surface area contributed by atoms with Gasteiger partial charge in [-0.2, -0.15) is 5.10 Å². The summed E-state index contributed by atoms with van der Waals surface area (Å²) in [6.45, 7) is 5.73. The van der Waals surface area contributed by atoms with Crippen LogP contribution in [-0.4, -0.2) is 21.7 Å². The number of benzene rings is 3. The molecule has 1 heterocycles. The number of hydrogen-bond acceptors (Lipinski definition) is 3. The first-order valence-corrected chi connectivity index (χ1v) is 11.7. The van der Waals surface area contributed by atoms with Crippen LogP contribution >= 0.6 is 0 Å². The fraction of sp³-hybridized carbons (Fsp3) is 0.286. The average molecular weight is 476 g/mol. The van der Waals surface area contributed by atoms with Gasteiger partial charge in [0.15, 0.2) is 0 Å². The fourth-order valence-corrected chi connectivity index (χ4v) is 4.24. The zero-order valence-electron chi connectivity index (χ0n) is 19.9. The lowest BCUT2D eigenvalue weighted by molar-refractivity contribution is -0.127. The predicted molar refractivity (Wildman–Crippen MR) is 130 cm³/mol. The number of aromatic nitrogens is 2. The number of rotatable bonds is 7. The van der Waals surface area contributed by atoms with Crippen LogP contribution in [0, 0.1) is 24.0 Å². The highest BCUT2D eigenvalue weighted by molar-refractivity contribution is 5.85. The summed E-state index contributed by atoms with van der Waals surface area (Å²) in [4.78, 5) is 12.7. The van der Waals surface area contributed by atoms with Gasteiger partial charge in [-0.05, 0) is 86.8 Å². The Morgan fingerprint density at radius 3 is 2.49 bits per heavy atom. The molecule has 3 aromatic carbocycles. The van der Waals surface area contributed by atoms with Gasteiger partial charge in [0.25, 0.3) is 0 Å². The van der Waals surface area contributed by atoms with E-state index in [1.165, 1.54) is 24.3 Å². The maximum Gasteiger partial charge on any atom is 0.226 e. The number of ether oxygens (including phenoxy) is 1. The summed E-state index contributed by atoms with van der Waals surface area (Å²) in [5, 5.41) is 8.36. The van der Waals surface area contributed by atoms with Gasteiger partial charge in [-0.15, -0.1) is 0 Å². The second-order valence-electron chi connectivity index (χ2n) is 9.62. The summed E-state index contributed by atoms with van der Waals surface area (Å²) in [5.74, 6) is -0.105. The number of carbonyl (C=O) groups is 1. The molecule has 2 atom stereocenters. The van der Waals surface area contributed by atoms with E-state index in [2.05, 4.69) is 10.4 Å². The Labute approximate surface area is 202 Å². The highest BCUT2D eigenvalue weighted by atomic mass is 19.1. The fourth-order valence-electron chi connectivity index (χ4n) is 4.24. The normalized spacial score (nSPS) is 16.0. The van der Waals surface area contributed by atoms with Crippen molar-refractivity contribution < 1.29 is 18.3 Å². The average Bonchev–Trinajstić information content (AvgIpc) is 3.46. The van der Waals surface area contributed by atoms with Gasteiger partial charge in [0.2, 0.25) is 5.91 Å². The van der Waals surface area contributed by atoms with Crippen molar-refractivity contribution in [3.05, 3.63) is 89.6 Å². The lowest BCUT2D eigenvalue weighted by Gasteiger charge is -2.28. The summed E-state index contributed by atoms with van der Waals surface area (Å²) >= 11 is 0. The molecule has 0 bridgehead atoms. The Morgan fingerprint density at radius 2 is 1.77 bits per heavy atom. The molecule has 35 heavy (non-hydrogen) atoms. The van der Waals surface area contributed by atoms with Crippen molar-refractivity contribution in [2.75, 3.05) is 0 Å². The standard InChI is InChI=1S/C28H27F2N3O2/c1-17-4-5-21(30)15-24(17)26(18(2)32-27(34)28(3)12-13-28)35-23-10-11-25-19(14-23)16-31-33(25)22-8-6-20(29)7-9-22/h4-11,14-16,18,26H,12-13H2,1-3H3,(H,32,34)/t18-,26+/m0/s1. The minimum absolute atomic E-state index is 0.0105. The van der Waals surface area contributed by atoms with Crippen LogP contribution in [0.25, 0.3) is 16.6 Å². The quantitative estimate of drug-likeness (QED) is 0.355. The Bertz CT molecular complexity index is 1390. The number of amides is 1. The number of nitrogens with one attached hydrogen (secondary N) is 1. The van der Waals surface area contributed by atoms with Crippen LogP contribution in [0.15, 0.2) is 66.9 Å². The van der Waals surface area contributed by atoms with Crippen molar-refractivity contribution in [1.82, 2.24) is 15.1 Å². The summed E-state index contributed by atoms with van der Waals surface area (Å²) in [6, 6.07) is 15.9. The molecule has 0 spiro atoms. The minimum Gasteiger partial charge on any atom is -0.484 e. The predicted octanol–water partition coefficient (Wildman–Crippen LogP) is 6.04. The van der Waals surface area contributed by atoms with E-state index in [0.29, 0.717) is 11.3 Å². The van der Waals surface area contributed by atoms with E-state index in [9.17, 15) is 13.6 Å². The Kier molecular flexibility index (Phi) is 5.79. The number of fused-ring (bicyclic) bond motifs is 1. The smallest absolute Gasteiger partial charge is 0.226 e. The molecular weight excluding hydrogens is 448 g/mol. The third-order valence-electron chi connectivity index (χ3n) is 6.78. The summed E-state index contributed by atoms with van der Waals surface area (Å²) < 4.78 is 35.6. The summed E-state index contributed by atoms with van der Waals surface area (Å²) in [6.07, 6.45) is 2.85. The number of carbonyl (C=O) groups excluding carboxylic acids is 1. The monoisotopic (exact) mass is 475 g/mol.